The number of pyridine rings is 1. The van der Waals surface area contributed by atoms with Gasteiger partial charge in [-0.15, -0.1) is 0 Å². The van der Waals surface area contributed by atoms with Gasteiger partial charge >= 0.3 is 6.18 Å². The van der Waals surface area contributed by atoms with Gasteiger partial charge in [0.05, 0.1) is 17.4 Å². The van der Waals surface area contributed by atoms with E-state index in [4.69, 9.17) is 4.74 Å². The molecule has 1 saturated heterocycles. The maximum atomic E-state index is 13.0. The van der Waals surface area contributed by atoms with Gasteiger partial charge in [0.1, 0.15) is 11.4 Å². The lowest BCUT2D eigenvalue weighted by molar-refractivity contribution is -0.137. The van der Waals surface area contributed by atoms with Crippen molar-refractivity contribution in [1.29, 1.82) is 0 Å². The maximum absolute atomic E-state index is 13.0. The van der Waals surface area contributed by atoms with Crippen LogP contribution in [0, 0.1) is 6.92 Å². The lowest BCUT2D eigenvalue weighted by Crippen LogP contribution is -2.46. The molecule has 1 fully saturated rings. The third kappa shape index (κ3) is 5.37. The van der Waals surface area contributed by atoms with Crippen LogP contribution in [0.2, 0.25) is 0 Å². The predicted octanol–water partition coefficient (Wildman–Crippen LogP) is 5.01. The molecule has 4 aromatic rings. The van der Waals surface area contributed by atoms with Gasteiger partial charge in [-0.2, -0.15) is 13.2 Å². The molecule has 5 rings (SSSR count). The summed E-state index contributed by atoms with van der Waals surface area (Å²) in [5.41, 5.74) is 1.99. The molecule has 0 unspecified atom stereocenters. The fourth-order valence-electron chi connectivity index (χ4n) is 4.78. The molecule has 40 heavy (non-hydrogen) atoms. The quantitative estimate of drug-likeness (QED) is 0.377. The number of nitrogens with one attached hydrogen (secondary N) is 1. The number of hydrogen-bond acceptors (Lipinski definition) is 5. The molecule has 0 bridgehead atoms. The number of ether oxygens (including phenoxy) is 1. The monoisotopic (exact) mass is 551 g/mol. The second kappa shape index (κ2) is 10.6. The van der Waals surface area contributed by atoms with E-state index in [1.165, 1.54) is 18.1 Å². The Morgan fingerprint density at radius 1 is 1.02 bits per heavy atom. The molecule has 0 radical (unpaired) electrons. The van der Waals surface area contributed by atoms with Crippen molar-refractivity contribution in [3.8, 4) is 11.6 Å². The van der Waals surface area contributed by atoms with E-state index in [2.05, 4.69) is 10.3 Å². The van der Waals surface area contributed by atoms with E-state index >= 15 is 0 Å². The molecule has 2 amide bonds. The summed E-state index contributed by atoms with van der Waals surface area (Å²) in [6.45, 7) is 4.67. The highest BCUT2D eigenvalue weighted by atomic mass is 19.4. The highest BCUT2D eigenvalue weighted by molar-refractivity contribution is 6.06. The zero-order valence-corrected chi connectivity index (χ0v) is 22.2. The zero-order valence-electron chi connectivity index (χ0n) is 22.2. The average molecular weight is 552 g/mol. The van der Waals surface area contributed by atoms with Crippen molar-refractivity contribution < 1.29 is 27.5 Å². The van der Waals surface area contributed by atoms with Crippen molar-refractivity contribution in [2.75, 3.05) is 38.1 Å². The van der Waals surface area contributed by atoms with Crippen molar-refractivity contribution in [3.63, 3.8) is 0 Å². The normalized spacial score (nSPS) is 13.9. The topological polar surface area (TPSA) is 79.7 Å². The molecule has 8 nitrogen and oxygen atoms in total. The Balaban J connectivity index is 1.31. The number of carbonyl (C=O) groups is 2. The van der Waals surface area contributed by atoms with E-state index in [0.29, 0.717) is 41.7 Å². The molecule has 208 valence electrons. The molecule has 2 aromatic carbocycles. The molecule has 1 N–H and O–H groups in total. The molecule has 2 aromatic heterocycles. The van der Waals surface area contributed by atoms with Crippen LogP contribution < -0.4 is 15.0 Å². The Morgan fingerprint density at radius 3 is 2.38 bits per heavy atom. The fraction of sp³-hybridized carbons (Fsp3) is 0.276. The van der Waals surface area contributed by atoms with Crippen LogP contribution in [0.3, 0.4) is 0 Å². The predicted molar refractivity (Wildman–Crippen MR) is 145 cm³/mol. The number of halogens is 3. The zero-order chi connectivity index (χ0) is 28.6. The van der Waals surface area contributed by atoms with Gasteiger partial charge < -0.3 is 24.4 Å². The third-order valence-corrected chi connectivity index (χ3v) is 7.04. The molecular formula is C29H28F3N5O3. The Labute approximate surface area is 229 Å². The Bertz CT molecular complexity index is 1570. The van der Waals surface area contributed by atoms with E-state index < -0.39 is 17.6 Å². The number of anilines is 1. The SMILES string of the molecule is Cc1cc(Oc2ccc3c(c2)cc(C(=O)N2CCNCC2)n3C)ncc1N(C)C(=O)c1ccc(C(F)(F)F)cc1. The van der Waals surface area contributed by atoms with E-state index in [-0.39, 0.29) is 11.5 Å². The smallest absolute Gasteiger partial charge is 0.416 e. The minimum atomic E-state index is -4.47. The first-order chi connectivity index (χ1) is 19.0. The van der Waals surface area contributed by atoms with Crippen LogP contribution in [0.4, 0.5) is 18.9 Å². The summed E-state index contributed by atoms with van der Waals surface area (Å²) in [6, 6.07) is 13.2. The summed E-state index contributed by atoms with van der Waals surface area (Å²) in [5.74, 6) is 0.371. The van der Waals surface area contributed by atoms with E-state index in [1.807, 2.05) is 34.7 Å². The van der Waals surface area contributed by atoms with Crippen LogP contribution in [0.25, 0.3) is 10.9 Å². The first-order valence-corrected chi connectivity index (χ1v) is 12.7. The van der Waals surface area contributed by atoms with E-state index in [9.17, 15) is 22.8 Å². The molecule has 0 saturated carbocycles. The van der Waals surface area contributed by atoms with Crippen molar-refractivity contribution in [3.05, 3.63) is 83.2 Å². The standard InChI is InChI=1S/C29H28F3N5O3/c1-18-14-26(34-17-25(18)36(3)27(38)19-4-6-21(7-5-19)29(30,31)32)40-22-8-9-23-20(15-22)16-24(35(23)2)28(39)37-12-10-33-11-13-37/h4-9,14-17,33H,10-13H2,1-3H3. The van der Waals surface area contributed by atoms with Gasteiger partial charge in [-0.1, -0.05) is 0 Å². The maximum Gasteiger partial charge on any atom is 0.416 e. The highest BCUT2D eigenvalue weighted by Gasteiger charge is 2.30. The molecule has 1 aliphatic heterocycles. The van der Waals surface area contributed by atoms with Gasteiger partial charge in [-0.25, -0.2) is 4.98 Å². The van der Waals surface area contributed by atoms with Crippen LogP contribution in [-0.2, 0) is 13.2 Å². The molecule has 0 spiro atoms. The van der Waals surface area contributed by atoms with Crippen molar-refractivity contribution >= 4 is 28.4 Å². The highest BCUT2D eigenvalue weighted by Crippen LogP contribution is 2.31. The number of aryl methyl sites for hydroxylation is 2. The lowest BCUT2D eigenvalue weighted by Gasteiger charge is -2.27. The Morgan fingerprint density at radius 2 is 1.73 bits per heavy atom. The number of hydrogen-bond donors (Lipinski definition) is 1. The van der Waals surface area contributed by atoms with Crippen molar-refractivity contribution in [2.24, 2.45) is 7.05 Å². The van der Waals surface area contributed by atoms with Crippen molar-refractivity contribution in [1.82, 2.24) is 19.8 Å². The number of rotatable bonds is 5. The molecule has 1 aliphatic rings. The summed E-state index contributed by atoms with van der Waals surface area (Å²) in [4.78, 5) is 33.4. The van der Waals surface area contributed by atoms with Gasteiger partial charge in [0.2, 0.25) is 5.88 Å². The fourth-order valence-corrected chi connectivity index (χ4v) is 4.78. The number of carbonyl (C=O) groups excluding carboxylic acids is 2. The van der Waals surface area contributed by atoms with Crippen LogP contribution in [0.15, 0.2) is 60.8 Å². The summed E-state index contributed by atoms with van der Waals surface area (Å²) in [6.07, 6.45) is -2.99. The Hall–Kier alpha value is -4.38. The average Bonchev–Trinajstić information content (AvgIpc) is 3.27. The molecule has 11 heteroatoms. The van der Waals surface area contributed by atoms with Crippen LogP contribution >= 0.6 is 0 Å². The largest absolute Gasteiger partial charge is 0.439 e. The van der Waals surface area contributed by atoms with E-state index in [1.54, 1.807) is 19.1 Å². The number of alkyl halides is 3. The van der Waals surface area contributed by atoms with Gasteiger partial charge in [-0.05, 0) is 61.0 Å². The molecule has 0 aliphatic carbocycles. The second-order valence-electron chi connectivity index (χ2n) is 9.70. The van der Waals surface area contributed by atoms with Gasteiger partial charge in [0, 0.05) is 62.8 Å². The lowest BCUT2D eigenvalue weighted by atomic mass is 10.1. The van der Waals surface area contributed by atoms with Gasteiger partial charge in [0.25, 0.3) is 11.8 Å². The number of amides is 2. The minimum Gasteiger partial charge on any atom is -0.439 e. The van der Waals surface area contributed by atoms with Crippen LogP contribution in [0.1, 0.15) is 32.0 Å². The summed E-state index contributed by atoms with van der Waals surface area (Å²) < 4.78 is 46.4. The van der Waals surface area contributed by atoms with Gasteiger partial charge in [0.15, 0.2) is 0 Å². The number of aromatic nitrogens is 2. The number of fused-ring (bicyclic) bond motifs is 1. The van der Waals surface area contributed by atoms with Crippen LogP contribution in [-0.4, -0.2) is 59.5 Å². The molecule has 0 atom stereocenters. The summed E-state index contributed by atoms with van der Waals surface area (Å²) in [5, 5.41) is 4.10. The minimum absolute atomic E-state index is 0.00879. The van der Waals surface area contributed by atoms with Gasteiger partial charge in [-0.3, -0.25) is 9.59 Å². The van der Waals surface area contributed by atoms with E-state index in [0.717, 1.165) is 48.3 Å². The number of nitrogens with zero attached hydrogens (tertiary/aromatic N) is 4. The third-order valence-electron chi connectivity index (χ3n) is 7.04. The molecule has 3 heterocycles. The first-order valence-electron chi connectivity index (χ1n) is 12.7. The number of piperazine rings is 1. The Kier molecular flexibility index (Phi) is 7.24. The molecular weight excluding hydrogens is 523 g/mol. The second-order valence-corrected chi connectivity index (χ2v) is 9.70. The number of benzene rings is 2. The summed E-state index contributed by atoms with van der Waals surface area (Å²) >= 11 is 0. The van der Waals surface area contributed by atoms with Crippen LogP contribution in [0.5, 0.6) is 11.6 Å². The van der Waals surface area contributed by atoms with Crippen molar-refractivity contribution in [2.45, 2.75) is 13.1 Å². The summed E-state index contributed by atoms with van der Waals surface area (Å²) in [7, 11) is 3.40. The first kappa shape index (κ1) is 27.2.